The van der Waals surface area contributed by atoms with Crippen molar-refractivity contribution in [2.45, 2.75) is 44.6 Å². The minimum absolute atomic E-state index is 0.0745. The van der Waals surface area contributed by atoms with E-state index in [-0.39, 0.29) is 5.54 Å². The first-order chi connectivity index (χ1) is 9.11. The van der Waals surface area contributed by atoms with Gasteiger partial charge in [-0.1, -0.05) is 0 Å². The van der Waals surface area contributed by atoms with Crippen LogP contribution in [-0.4, -0.2) is 35.3 Å². The first kappa shape index (κ1) is 14.2. The Morgan fingerprint density at radius 3 is 2.53 bits per heavy atom. The third-order valence-corrected chi connectivity index (χ3v) is 3.58. The van der Waals surface area contributed by atoms with Crippen LogP contribution in [0.4, 0.5) is 5.95 Å². The first-order valence-electron chi connectivity index (χ1n) is 6.99. The highest BCUT2D eigenvalue weighted by Crippen LogP contribution is 2.26. The molecule has 1 aromatic rings. The van der Waals surface area contributed by atoms with Crippen LogP contribution in [0.1, 0.15) is 44.6 Å². The zero-order valence-electron chi connectivity index (χ0n) is 11.9. The highest BCUT2D eigenvalue weighted by atomic mass is 16.5. The molecule has 3 N–H and O–H groups in total. The number of aromatic nitrogens is 2. The number of nitrogens with one attached hydrogen (secondary N) is 1. The largest absolute Gasteiger partial charge is 0.381 e. The molecule has 5 heteroatoms. The monoisotopic (exact) mass is 264 g/mol. The van der Waals surface area contributed by atoms with Gasteiger partial charge in [0.25, 0.3) is 0 Å². The van der Waals surface area contributed by atoms with Gasteiger partial charge in [0, 0.05) is 31.1 Å². The number of hydrogen-bond acceptors (Lipinski definition) is 5. The fraction of sp³-hybridized carbons (Fsp3) is 0.714. The van der Waals surface area contributed by atoms with Crippen LogP contribution in [0, 0.1) is 0 Å². The zero-order chi connectivity index (χ0) is 13.7. The van der Waals surface area contributed by atoms with Crippen molar-refractivity contribution in [2.24, 2.45) is 5.73 Å². The maximum absolute atomic E-state index is 5.60. The van der Waals surface area contributed by atoms with Crippen molar-refractivity contribution in [3.05, 3.63) is 18.0 Å². The first-order valence-corrected chi connectivity index (χ1v) is 6.99. The average Bonchev–Trinajstić information content (AvgIpc) is 2.40. The third-order valence-electron chi connectivity index (χ3n) is 3.58. The van der Waals surface area contributed by atoms with E-state index in [9.17, 15) is 0 Å². The van der Waals surface area contributed by atoms with Gasteiger partial charge < -0.3 is 15.8 Å². The Balaban J connectivity index is 1.97. The number of ether oxygens (including phenoxy) is 1. The SMILES string of the molecule is CC(C)(CCN)Nc1ncc(C2CCOCC2)cn1. The highest BCUT2D eigenvalue weighted by Gasteiger charge is 2.19. The highest BCUT2D eigenvalue weighted by molar-refractivity contribution is 5.29. The topological polar surface area (TPSA) is 73.1 Å². The second-order valence-electron chi connectivity index (χ2n) is 5.77. The van der Waals surface area contributed by atoms with Crippen molar-refractivity contribution in [1.82, 2.24) is 9.97 Å². The molecule has 0 saturated carbocycles. The standard InChI is InChI=1S/C14H24N4O/c1-14(2,5-6-15)18-13-16-9-12(10-17-13)11-3-7-19-8-4-11/h9-11H,3-8,15H2,1-2H3,(H,16,17,18). The lowest BCUT2D eigenvalue weighted by Gasteiger charge is -2.26. The van der Waals surface area contributed by atoms with Crippen LogP contribution in [0.2, 0.25) is 0 Å². The van der Waals surface area contributed by atoms with Crippen molar-refractivity contribution in [2.75, 3.05) is 25.1 Å². The summed E-state index contributed by atoms with van der Waals surface area (Å²) in [6, 6.07) is 0. The summed E-state index contributed by atoms with van der Waals surface area (Å²) in [5, 5.41) is 3.32. The molecule has 106 valence electrons. The van der Waals surface area contributed by atoms with Gasteiger partial charge in [0.1, 0.15) is 0 Å². The van der Waals surface area contributed by atoms with Gasteiger partial charge in [-0.3, -0.25) is 0 Å². The predicted octanol–water partition coefficient (Wildman–Crippen LogP) is 1.91. The maximum Gasteiger partial charge on any atom is 0.223 e. The second kappa shape index (κ2) is 6.30. The molecule has 0 amide bonds. The fourth-order valence-corrected chi connectivity index (χ4v) is 2.37. The molecule has 0 unspecified atom stereocenters. The lowest BCUT2D eigenvalue weighted by atomic mass is 9.94. The van der Waals surface area contributed by atoms with Gasteiger partial charge in [0.2, 0.25) is 5.95 Å². The van der Waals surface area contributed by atoms with Gasteiger partial charge in [0.05, 0.1) is 0 Å². The van der Waals surface area contributed by atoms with E-state index in [2.05, 4.69) is 29.1 Å². The molecule has 0 spiro atoms. The van der Waals surface area contributed by atoms with Crippen molar-refractivity contribution < 1.29 is 4.74 Å². The summed E-state index contributed by atoms with van der Waals surface area (Å²) in [7, 11) is 0. The molecule has 1 aliphatic heterocycles. The Bertz CT molecular complexity index is 385. The number of anilines is 1. The van der Waals surface area contributed by atoms with Crippen molar-refractivity contribution in [3.8, 4) is 0 Å². The molecular weight excluding hydrogens is 240 g/mol. The molecule has 19 heavy (non-hydrogen) atoms. The summed E-state index contributed by atoms with van der Waals surface area (Å²) < 4.78 is 5.37. The van der Waals surface area contributed by atoms with Gasteiger partial charge in [-0.05, 0) is 51.1 Å². The minimum atomic E-state index is -0.0745. The Morgan fingerprint density at radius 2 is 1.95 bits per heavy atom. The van der Waals surface area contributed by atoms with Gasteiger partial charge in [0.15, 0.2) is 0 Å². The molecule has 2 rings (SSSR count). The van der Waals surface area contributed by atoms with Crippen molar-refractivity contribution in [1.29, 1.82) is 0 Å². The Kier molecular flexibility index (Phi) is 4.71. The second-order valence-corrected chi connectivity index (χ2v) is 5.77. The molecule has 1 aromatic heterocycles. The van der Waals surface area contributed by atoms with E-state index in [1.807, 2.05) is 12.4 Å². The fourth-order valence-electron chi connectivity index (χ4n) is 2.37. The average molecular weight is 264 g/mol. The van der Waals surface area contributed by atoms with Crippen LogP contribution in [0.15, 0.2) is 12.4 Å². The summed E-state index contributed by atoms with van der Waals surface area (Å²) in [5.41, 5.74) is 6.74. The number of nitrogens with zero attached hydrogens (tertiary/aromatic N) is 2. The molecule has 1 saturated heterocycles. The molecule has 0 aromatic carbocycles. The van der Waals surface area contributed by atoms with E-state index in [0.29, 0.717) is 18.4 Å². The van der Waals surface area contributed by atoms with Crippen LogP contribution >= 0.6 is 0 Å². The summed E-state index contributed by atoms with van der Waals surface area (Å²) >= 11 is 0. The molecule has 5 nitrogen and oxygen atoms in total. The Labute approximate surface area is 115 Å². The summed E-state index contributed by atoms with van der Waals surface area (Å²) in [6.45, 7) is 6.55. The van der Waals surface area contributed by atoms with Gasteiger partial charge >= 0.3 is 0 Å². The van der Waals surface area contributed by atoms with Crippen LogP contribution in [0.5, 0.6) is 0 Å². The maximum atomic E-state index is 5.60. The molecule has 2 heterocycles. The lowest BCUT2D eigenvalue weighted by Crippen LogP contribution is -2.34. The summed E-state index contributed by atoms with van der Waals surface area (Å²) in [6.07, 6.45) is 6.88. The van der Waals surface area contributed by atoms with E-state index in [1.165, 1.54) is 5.56 Å². The van der Waals surface area contributed by atoms with E-state index < -0.39 is 0 Å². The minimum Gasteiger partial charge on any atom is -0.381 e. The van der Waals surface area contributed by atoms with Crippen molar-refractivity contribution >= 4 is 5.95 Å². The van der Waals surface area contributed by atoms with Crippen LogP contribution in [0.25, 0.3) is 0 Å². The number of nitrogens with two attached hydrogens (primary N) is 1. The Morgan fingerprint density at radius 1 is 1.32 bits per heavy atom. The normalized spacial score (nSPS) is 17.4. The molecular formula is C14H24N4O. The Hall–Kier alpha value is -1.20. The van der Waals surface area contributed by atoms with Gasteiger partial charge in [-0.15, -0.1) is 0 Å². The molecule has 1 aliphatic rings. The third kappa shape index (κ3) is 4.14. The van der Waals surface area contributed by atoms with Crippen molar-refractivity contribution in [3.63, 3.8) is 0 Å². The molecule has 0 atom stereocenters. The van der Waals surface area contributed by atoms with E-state index >= 15 is 0 Å². The van der Waals surface area contributed by atoms with Gasteiger partial charge in [-0.25, -0.2) is 9.97 Å². The van der Waals surface area contributed by atoms with E-state index in [0.717, 1.165) is 32.5 Å². The molecule has 0 radical (unpaired) electrons. The molecule has 0 aliphatic carbocycles. The zero-order valence-corrected chi connectivity index (χ0v) is 11.9. The van der Waals surface area contributed by atoms with Crippen LogP contribution in [-0.2, 0) is 4.74 Å². The van der Waals surface area contributed by atoms with E-state index in [1.54, 1.807) is 0 Å². The summed E-state index contributed by atoms with van der Waals surface area (Å²) in [4.78, 5) is 8.83. The smallest absolute Gasteiger partial charge is 0.223 e. The quantitative estimate of drug-likeness (QED) is 0.850. The van der Waals surface area contributed by atoms with Crippen LogP contribution < -0.4 is 11.1 Å². The lowest BCUT2D eigenvalue weighted by molar-refractivity contribution is 0.0852. The predicted molar refractivity (Wildman–Crippen MR) is 76.2 cm³/mol. The summed E-state index contributed by atoms with van der Waals surface area (Å²) in [5.74, 6) is 1.22. The molecule has 1 fully saturated rings. The number of rotatable bonds is 5. The van der Waals surface area contributed by atoms with Crippen LogP contribution in [0.3, 0.4) is 0 Å². The van der Waals surface area contributed by atoms with E-state index in [4.69, 9.17) is 10.5 Å². The van der Waals surface area contributed by atoms with Gasteiger partial charge in [-0.2, -0.15) is 0 Å². The number of hydrogen-bond donors (Lipinski definition) is 2. The molecule has 0 bridgehead atoms.